The molecule has 3 rings (SSSR count). The molecule has 144 valence electrons. The first-order chi connectivity index (χ1) is 13.4. The van der Waals surface area contributed by atoms with E-state index in [4.69, 9.17) is 9.47 Å². The third kappa shape index (κ3) is 3.71. The van der Waals surface area contributed by atoms with E-state index < -0.39 is 17.5 Å². The predicted molar refractivity (Wildman–Crippen MR) is 101 cm³/mol. The number of Topliss-reactive ketones (excluding diaryl/α,β-unsaturated/α-hetero) is 1. The number of ketones is 1. The van der Waals surface area contributed by atoms with Crippen LogP contribution in [0.3, 0.4) is 0 Å². The molecule has 0 N–H and O–H groups in total. The molecule has 0 fully saturated rings. The molecule has 3 nitrogen and oxygen atoms in total. The van der Waals surface area contributed by atoms with E-state index in [1.54, 1.807) is 6.07 Å². The number of hydrogen-bond donors (Lipinski definition) is 0. The van der Waals surface area contributed by atoms with Crippen molar-refractivity contribution in [2.75, 3.05) is 14.2 Å². The lowest BCUT2D eigenvalue weighted by atomic mass is 9.95. The lowest BCUT2D eigenvalue weighted by molar-refractivity contribution is -0.0885. The van der Waals surface area contributed by atoms with Crippen LogP contribution >= 0.6 is 0 Å². The minimum Gasteiger partial charge on any atom is -0.496 e. The van der Waals surface area contributed by atoms with Gasteiger partial charge in [-0.05, 0) is 23.3 Å². The summed E-state index contributed by atoms with van der Waals surface area (Å²) in [7, 11) is 3.02. The Labute approximate surface area is 160 Å². The molecule has 0 bridgehead atoms. The molecule has 0 aromatic heterocycles. The average molecular weight is 386 g/mol. The second kappa shape index (κ2) is 7.76. The van der Waals surface area contributed by atoms with Crippen LogP contribution in [0.15, 0.2) is 66.7 Å². The highest BCUT2D eigenvalue weighted by Gasteiger charge is 2.39. The normalized spacial score (nSPS) is 11.2. The van der Waals surface area contributed by atoms with Crippen LogP contribution in [0.2, 0.25) is 0 Å². The van der Waals surface area contributed by atoms with Crippen LogP contribution in [-0.2, 0) is 0 Å². The van der Waals surface area contributed by atoms with E-state index in [1.807, 2.05) is 36.4 Å². The van der Waals surface area contributed by atoms with Gasteiger partial charge in [-0.25, -0.2) is 0 Å². The Morgan fingerprint density at radius 2 is 1.43 bits per heavy atom. The highest BCUT2D eigenvalue weighted by molar-refractivity contribution is 6.00. The molecular formula is C22H17F3O3. The number of rotatable bonds is 5. The van der Waals surface area contributed by atoms with Crippen LogP contribution in [0.1, 0.15) is 10.4 Å². The summed E-state index contributed by atoms with van der Waals surface area (Å²) in [5.41, 5.74) is 2.48. The third-order valence-corrected chi connectivity index (χ3v) is 4.32. The number of hydrogen-bond acceptors (Lipinski definition) is 3. The zero-order valence-corrected chi connectivity index (χ0v) is 15.2. The van der Waals surface area contributed by atoms with Crippen LogP contribution in [-0.4, -0.2) is 26.2 Å². The SMILES string of the molecule is COc1ccc(-c2ccccc2)c(OC)c1-c1ccc(C(=O)C(F)(F)F)cc1. The van der Waals surface area contributed by atoms with Gasteiger partial charge in [0.1, 0.15) is 11.5 Å². The van der Waals surface area contributed by atoms with E-state index in [2.05, 4.69) is 0 Å². The molecule has 0 aliphatic heterocycles. The van der Waals surface area contributed by atoms with Gasteiger partial charge in [0, 0.05) is 11.1 Å². The minimum atomic E-state index is -4.91. The monoisotopic (exact) mass is 386 g/mol. The minimum absolute atomic E-state index is 0.423. The Hall–Kier alpha value is -3.28. The van der Waals surface area contributed by atoms with E-state index in [9.17, 15) is 18.0 Å². The summed E-state index contributed by atoms with van der Waals surface area (Å²) in [5, 5.41) is 0. The van der Waals surface area contributed by atoms with Crippen molar-refractivity contribution in [2.45, 2.75) is 6.18 Å². The Balaban J connectivity index is 2.14. The number of methoxy groups -OCH3 is 2. The molecule has 0 spiro atoms. The van der Waals surface area contributed by atoms with Gasteiger partial charge >= 0.3 is 6.18 Å². The van der Waals surface area contributed by atoms with Crippen molar-refractivity contribution in [3.05, 3.63) is 72.3 Å². The van der Waals surface area contributed by atoms with Crippen LogP contribution in [0.4, 0.5) is 13.2 Å². The van der Waals surface area contributed by atoms with E-state index in [-0.39, 0.29) is 0 Å². The number of ether oxygens (including phenoxy) is 2. The van der Waals surface area contributed by atoms with Crippen molar-refractivity contribution >= 4 is 5.78 Å². The molecule has 0 saturated carbocycles. The van der Waals surface area contributed by atoms with E-state index in [1.165, 1.54) is 26.4 Å². The van der Waals surface area contributed by atoms with E-state index >= 15 is 0 Å². The second-order valence-electron chi connectivity index (χ2n) is 5.99. The Kier molecular flexibility index (Phi) is 5.40. The lowest BCUT2D eigenvalue weighted by Crippen LogP contribution is -2.22. The fourth-order valence-corrected chi connectivity index (χ4v) is 3.02. The lowest BCUT2D eigenvalue weighted by Gasteiger charge is -2.18. The highest BCUT2D eigenvalue weighted by atomic mass is 19.4. The van der Waals surface area contributed by atoms with Crippen LogP contribution < -0.4 is 9.47 Å². The maximum Gasteiger partial charge on any atom is 0.454 e. The molecule has 6 heteroatoms. The molecule has 3 aromatic carbocycles. The molecule has 0 aliphatic carbocycles. The van der Waals surface area contributed by atoms with E-state index in [0.717, 1.165) is 23.3 Å². The molecule has 0 radical (unpaired) electrons. The Bertz CT molecular complexity index is 978. The topological polar surface area (TPSA) is 35.5 Å². The number of benzene rings is 3. The van der Waals surface area contributed by atoms with Crippen LogP contribution in [0, 0.1) is 0 Å². The van der Waals surface area contributed by atoms with Gasteiger partial charge in [0.25, 0.3) is 5.78 Å². The number of alkyl halides is 3. The van der Waals surface area contributed by atoms with Crippen LogP contribution in [0.25, 0.3) is 22.3 Å². The average Bonchev–Trinajstić information content (AvgIpc) is 2.72. The molecule has 0 amide bonds. The molecule has 3 aromatic rings. The van der Waals surface area contributed by atoms with Gasteiger partial charge in [-0.15, -0.1) is 0 Å². The summed E-state index contributed by atoms with van der Waals surface area (Å²) in [6.07, 6.45) is -4.91. The summed E-state index contributed by atoms with van der Waals surface area (Å²) in [5.74, 6) is -0.845. The molecule has 0 atom stereocenters. The second-order valence-corrected chi connectivity index (χ2v) is 5.99. The third-order valence-electron chi connectivity index (χ3n) is 4.32. The maximum atomic E-state index is 12.6. The number of carbonyl (C=O) groups is 1. The summed E-state index contributed by atoms with van der Waals surface area (Å²) >= 11 is 0. The largest absolute Gasteiger partial charge is 0.496 e. The van der Waals surface area contributed by atoms with Gasteiger partial charge in [0.15, 0.2) is 0 Å². The summed E-state index contributed by atoms with van der Waals surface area (Å²) < 4.78 is 49.0. The van der Waals surface area contributed by atoms with Crippen molar-refractivity contribution in [3.63, 3.8) is 0 Å². The predicted octanol–water partition coefficient (Wildman–Crippen LogP) is 5.78. The summed E-state index contributed by atoms with van der Waals surface area (Å²) in [6.45, 7) is 0. The van der Waals surface area contributed by atoms with Crippen molar-refractivity contribution in [2.24, 2.45) is 0 Å². The fraction of sp³-hybridized carbons (Fsp3) is 0.136. The molecule has 0 saturated heterocycles. The fourth-order valence-electron chi connectivity index (χ4n) is 3.02. The van der Waals surface area contributed by atoms with Crippen LogP contribution in [0.5, 0.6) is 11.5 Å². The van der Waals surface area contributed by atoms with Crippen molar-refractivity contribution in [3.8, 4) is 33.8 Å². The van der Waals surface area contributed by atoms with Gasteiger partial charge in [-0.2, -0.15) is 13.2 Å². The molecule has 28 heavy (non-hydrogen) atoms. The van der Waals surface area contributed by atoms with Gasteiger partial charge in [0.2, 0.25) is 0 Å². The van der Waals surface area contributed by atoms with Gasteiger partial charge in [-0.1, -0.05) is 54.6 Å². The quantitative estimate of drug-likeness (QED) is 0.521. The smallest absolute Gasteiger partial charge is 0.454 e. The first kappa shape index (κ1) is 19.5. The Morgan fingerprint density at radius 3 is 1.96 bits per heavy atom. The first-order valence-corrected chi connectivity index (χ1v) is 8.39. The van der Waals surface area contributed by atoms with Crippen molar-refractivity contribution < 1.29 is 27.4 Å². The van der Waals surface area contributed by atoms with Gasteiger partial charge in [-0.3, -0.25) is 4.79 Å². The first-order valence-electron chi connectivity index (χ1n) is 8.39. The summed E-state index contributed by atoms with van der Waals surface area (Å²) in [4.78, 5) is 11.4. The van der Waals surface area contributed by atoms with Gasteiger partial charge in [0.05, 0.1) is 19.8 Å². The zero-order chi connectivity index (χ0) is 20.3. The summed E-state index contributed by atoms with van der Waals surface area (Å²) in [6, 6.07) is 18.4. The maximum absolute atomic E-state index is 12.6. The van der Waals surface area contributed by atoms with Crippen molar-refractivity contribution in [1.29, 1.82) is 0 Å². The van der Waals surface area contributed by atoms with Crippen molar-refractivity contribution in [1.82, 2.24) is 0 Å². The number of halogens is 3. The molecular weight excluding hydrogens is 369 g/mol. The molecule has 0 heterocycles. The van der Waals surface area contributed by atoms with Gasteiger partial charge < -0.3 is 9.47 Å². The highest BCUT2D eigenvalue weighted by Crippen LogP contribution is 2.44. The zero-order valence-electron chi connectivity index (χ0n) is 15.2. The Morgan fingerprint density at radius 1 is 0.786 bits per heavy atom. The van der Waals surface area contributed by atoms with E-state index in [0.29, 0.717) is 22.6 Å². The number of carbonyl (C=O) groups excluding carboxylic acids is 1. The molecule has 0 aliphatic rings. The standard InChI is InChI=1S/C22H17F3O3/c1-27-18-13-12-17(14-6-4-3-5-7-14)20(28-2)19(18)15-8-10-16(11-9-15)21(26)22(23,24)25/h3-13H,1-2H3. The molecule has 0 unspecified atom stereocenters.